The molecule has 1 aliphatic rings. The first-order valence-corrected chi connectivity index (χ1v) is 8.77. The van der Waals surface area contributed by atoms with Gasteiger partial charge in [0, 0.05) is 31.0 Å². The smallest absolute Gasteiger partial charge is 0.243 e. The summed E-state index contributed by atoms with van der Waals surface area (Å²) in [6.07, 6.45) is 5.37. The van der Waals surface area contributed by atoms with Gasteiger partial charge in [0.25, 0.3) is 0 Å². The van der Waals surface area contributed by atoms with Crippen LogP contribution in [-0.2, 0) is 17.8 Å². The van der Waals surface area contributed by atoms with Crippen molar-refractivity contribution < 1.29 is 9.21 Å². The molecule has 1 aromatic heterocycles. The second-order valence-electron chi connectivity index (χ2n) is 6.81. The highest BCUT2D eigenvalue weighted by Crippen LogP contribution is 2.42. The van der Waals surface area contributed by atoms with Crippen molar-refractivity contribution in [3.63, 3.8) is 0 Å². The van der Waals surface area contributed by atoms with E-state index in [1.807, 2.05) is 24.3 Å². The van der Waals surface area contributed by atoms with E-state index < -0.39 is 5.41 Å². The number of unbranched alkanes of at least 4 members (excludes halogenated alkanes) is 1. The van der Waals surface area contributed by atoms with Crippen molar-refractivity contribution in [3.8, 4) is 6.07 Å². The zero-order valence-electron chi connectivity index (χ0n) is 14.5. The van der Waals surface area contributed by atoms with Crippen molar-refractivity contribution in [2.75, 3.05) is 7.05 Å². The molecule has 0 bridgehead atoms. The Labute approximate surface area is 143 Å². The van der Waals surface area contributed by atoms with Crippen LogP contribution in [0.4, 0.5) is 0 Å². The summed E-state index contributed by atoms with van der Waals surface area (Å²) in [5.41, 5.74) is 1.16. The Bertz CT molecular complexity index is 781. The van der Waals surface area contributed by atoms with Crippen LogP contribution in [-0.4, -0.2) is 17.9 Å². The van der Waals surface area contributed by atoms with Crippen molar-refractivity contribution in [1.82, 2.24) is 4.90 Å². The monoisotopic (exact) mass is 324 g/mol. The normalized spacial score (nSPS) is 15.7. The molecule has 3 rings (SSSR count). The van der Waals surface area contributed by atoms with Crippen molar-refractivity contribution in [2.24, 2.45) is 5.41 Å². The van der Waals surface area contributed by atoms with E-state index in [1.54, 1.807) is 11.9 Å². The minimum absolute atomic E-state index is 0.0528. The average Bonchev–Trinajstić information content (AvgIpc) is 2.90. The molecule has 4 heteroatoms. The van der Waals surface area contributed by atoms with E-state index in [4.69, 9.17) is 4.42 Å². The molecule has 24 heavy (non-hydrogen) atoms. The molecule has 1 amide bonds. The lowest BCUT2D eigenvalue weighted by atomic mass is 9.69. The molecule has 0 unspecified atom stereocenters. The van der Waals surface area contributed by atoms with Crippen molar-refractivity contribution in [2.45, 2.75) is 52.0 Å². The molecule has 1 saturated carbocycles. The van der Waals surface area contributed by atoms with E-state index >= 15 is 0 Å². The second-order valence-corrected chi connectivity index (χ2v) is 6.81. The summed E-state index contributed by atoms with van der Waals surface area (Å²) in [5.74, 6) is 0.917. The second kappa shape index (κ2) is 6.68. The fourth-order valence-corrected chi connectivity index (χ4v) is 3.44. The molecule has 0 saturated heterocycles. The third-order valence-corrected chi connectivity index (χ3v) is 5.11. The van der Waals surface area contributed by atoms with Crippen molar-refractivity contribution in [1.29, 1.82) is 5.26 Å². The highest BCUT2D eigenvalue weighted by atomic mass is 16.3. The van der Waals surface area contributed by atoms with Gasteiger partial charge in [-0.2, -0.15) is 5.26 Å². The maximum Gasteiger partial charge on any atom is 0.243 e. The molecule has 4 nitrogen and oxygen atoms in total. The highest BCUT2D eigenvalue weighted by Gasteiger charge is 2.46. The number of aryl methyl sites for hydroxylation is 1. The lowest BCUT2D eigenvalue weighted by Gasteiger charge is -2.36. The minimum Gasteiger partial charge on any atom is -0.461 e. The quantitative estimate of drug-likeness (QED) is 0.790. The lowest BCUT2D eigenvalue weighted by molar-refractivity contribution is -0.142. The largest absolute Gasteiger partial charge is 0.461 e. The van der Waals surface area contributed by atoms with Crippen molar-refractivity contribution in [3.05, 3.63) is 35.6 Å². The number of nitriles is 1. The molecule has 126 valence electrons. The van der Waals surface area contributed by atoms with Crippen LogP contribution in [0.1, 0.15) is 50.4 Å². The molecule has 1 aromatic carbocycles. The first-order chi connectivity index (χ1) is 11.6. The van der Waals surface area contributed by atoms with Gasteiger partial charge in [-0.25, -0.2) is 0 Å². The number of furan rings is 1. The molecule has 0 aliphatic heterocycles. The topological polar surface area (TPSA) is 57.2 Å². The van der Waals surface area contributed by atoms with E-state index in [-0.39, 0.29) is 5.91 Å². The van der Waals surface area contributed by atoms with Gasteiger partial charge in [0.05, 0.1) is 6.07 Å². The molecule has 0 atom stereocenters. The zero-order chi connectivity index (χ0) is 17.2. The number of amides is 1. The predicted octanol–water partition coefficient (Wildman–Crippen LogP) is 4.43. The van der Waals surface area contributed by atoms with Gasteiger partial charge in [-0.3, -0.25) is 4.79 Å². The predicted molar refractivity (Wildman–Crippen MR) is 93.2 cm³/mol. The van der Waals surface area contributed by atoms with Gasteiger partial charge >= 0.3 is 0 Å². The zero-order valence-corrected chi connectivity index (χ0v) is 14.5. The molecule has 0 N–H and O–H groups in total. The Morgan fingerprint density at radius 3 is 2.75 bits per heavy atom. The Morgan fingerprint density at radius 2 is 2.12 bits per heavy atom. The number of rotatable bonds is 6. The van der Waals surface area contributed by atoms with Crippen molar-refractivity contribution >= 4 is 16.9 Å². The molecule has 2 aromatic rings. The number of carbonyl (C=O) groups is 1. The standard InChI is InChI=1S/C20H24N2O2/c1-3-4-9-18-16(15-8-5-6-10-17(15)24-18)13-22(2)19(23)20(14-21)11-7-12-20/h5-6,8,10H,3-4,7,9,11-13H2,1-2H3. The Morgan fingerprint density at radius 1 is 1.38 bits per heavy atom. The van der Waals surface area contributed by atoms with Gasteiger partial charge in [0.1, 0.15) is 16.8 Å². The summed E-state index contributed by atoms with van der Waals surface area (Å²) in [7, 11) is 1.80. The van der Waals surface area contributed by atoms with Crippen LogP contribution in [0.2, 0.25) is 0 Å². The third kappa shape index (κ3) is 2.80. The summed E-state index contributed by atoms with van der Waals surface area (Å²) < 4.78 is 6.03. The lowest BCUT2D eigenvalue weighted by Crippen LogP contribution is -2.45. The summed E-state index contributed by atoms with van der Waals surface area (Å²) in [4.78, 5) is 14.4. The summed E-state index contributed by atoms with van der Waals surface area (Å²) in [6.45, 7) is 2.66. The molecule has 1 fully saturated rings. The number of carbonyl (C=O) groups excluding carboxylic acids is 1. The first-order valence-electron chi connectivity index (χ1n) is 8.77. The number of nitrogens with zero attached hydrogens (tertiary/aromatic N) is 2. The number of hydrogen-bond acceptors (Lipinski definition) is 3. The fourth-order valence-electron chi connectivity index (χ4n) is 3.44. The summed E-state index contributed by atoms with van der Waals surface area (Å²) in [6, 6.07) is 10.2. The van der Waals surface area contributed by atoms with Gasteiger partial charge in [-0.1, -0.05) is 31.5 Å². The molecule has 0 radical (unpaired) electrons. The van der Waals surface area contributed by atoms with Gasteiger partial charge in [0.2, 0.25) is 5.91 Å². The van der Waals surface area contributed by atoms with Gasteiger partial charge in [-0.05, 0) is 31.7 Å². The van der Waals surface area contributed by atoms with E-state index in [1.165, 1.54) is 0 Å². The number of fused-ring (bicyclic) bond motifs is 1. The first kappa shape index (κ1) is 16.6. The van der Waals surface area contributed by atoms with Crippen LogP contribution in [0.15, 0.2) is 28.7 Å². The molecular weight excluding hydrogens is 300 g/mol. The Balaban J connectivity index is 1.88. The molecule has 1 heterocycles. The maximum atomic E-state index is 12.7. The molecular formula is C20H24N2O2. The van der Waals surface area contributed by atoms with Crippen LogP contribution < -0.4 is 0 Å². The van der Waals surface area contributed by atoms with Crippen LogP contribution in [0, 0.1) is 16.7 Å². The van der Waals surface area contributed by atoms with E-state index in [0.29, 0.717) is 19.4 Å². The third-order valence-electron chi connectivity index (χ3n) is 5.11. The van der Waals surface area contributed by atoms with Gasteiger partial charge < -0.3 is 9.32 Å². The van der Waals surface area contributed by atoms with E-state index in [9.17, 15) is 10.1 Å². The number of hydrogen-bond donors (Lipinski definition) is 0. The van der Waals surface area contributed by atoms with E-state index in [0.717, 1.165) is 48.0 Å². The Kier molecular flexibility index (Phi) is 4.62. The SMILES string of the molecule is CCCCc1oc2ccccc2c1CN(C)C(=O)C1(C#N)CCC1. The molecule has 0 spiro atoms. The molecule has 1 aliphatic carbocycles. The summed E-state index contributed by atoms with van der Waals surface area (Å²) in [5, 5.41) is 10.5. The minimum atomic E-state index is -0.794. The average molecular weight is 324 g/mol. The number of benzene rings is 1. The van der Waals surface area contributed by atoms with Crippen LogP contribution in [0.3, 0.4) is 0 Å². The number of para-hydroxylation sites is 1. The maximum absolute atomic E-state index is 12.7. The van der Waals surface area contributed by atoms with Crippen LogP contribution in [0.5, 0.6) is 0 Å². The van der Waals surface area contributed by atoms with Gasteiger partial charge in [0.15, 0.2) is 0 Å². The summed E-state index contributed by atoms with van der Waals surface area (Å²) >= 11 is 0. The highest BCUT2D eigenvalue weighted by molar-refractivity contribution is 5.87. The van der Waals surface area contributed by atoms with E-state index in [2.05, 4.69) is 13.0 Å². The van der Waals surface area contributed by atoms with Crippen LogP contribution in [0.25, 0.3) is 11.0 Å². The van der Waals surface area contributed by atoms with Gasteiger partial charge in [-0.15, -0.1) is 0 Å². The fraction of sp³-hybridized carbons (Fsp3) is 0.500. The Hall–Kier alpha value is -2.28. The van der Waals surface area contributed by atoms with Crippen LogP contribution >= 0.6 is 0 Å².